The first kappa shape index (κ1) is 31.2. The van der Waals surface area contributed by atoms with Gasteiger partial charge in [-0.05, 0) is 24.3 Å². The van der Waals surface area contributed by atoms with Crippen molar-refractivity contribution in [3.8, 4) is 0 Å². The van der Waals surface area contributed by atoms with Crippen LogP contribution in [-0.2, 0) is 22.6 Å². The Balaban J connectivity index is 1.76. The summed E-state index contributed by atoms with van der Waals surface area (Å²) in [5, 5.41) is 46.6. The second-order valence-electron chi connectivity index (χ2n) is 8.39. The maximum atomic E-state index is 11.1. The summed E-state index contributed by atoms with van der Waals surface area (Å²) in [4.78, 5) is 34.2. The minimum atomic E-state index is -1.11. The summed E-state index contributed by atoms with van der Waals surface area (Å²) < 4.78 is 11.4. The first-order chi connectivity index (χ1) is 18.4. The lowest BCUT2D eigenvalue weighted by molar-refractivity contribution is -0.0511. The smallest absolute Gasteiger partial charge is 0.354 e. The fourth-order valence-electron chi connectivity index (χ4n) is 3.56. The Morgan fingerprint density at radius 1 is 0.763 bits per heavy atom. The van der Waals surface area contributed by atoms with E-state index in [0.717, 1.165) is 0 Å². The molecule has 38 heavy (non-hydrogen) atoms. The maximum Gasteiger partial charge on any atom is 0.354 e. The van der Waals surface area contributed by atoms with Crippen LogP contribution in [0.2, 0.25) is 0 Å². The second-order valence-corrected chi connectivity index (χ2v) is 8.39. The Kier molecular flexibility index (Phi) is 14.3. The number of aromatic nitrogens is 2. The molecule has 0 radical (unpaired) electrons. The molecule has 0 fully saturated rings. The highest BCUT2D eigenvalue weighted by atomic mass is 16.5. The third kappa shape index (κ3) is 11.6. The highest BCUT2D eigenvalue weighted by molar-refractivity contribution is 5.85. The van der Waals surface area contributed by atoms with Crippen molar-refractivity contribution in [3.05, 3.63) is 59.2 Å². The average Bonchev–Trinajstić information content (AvgIpc) is 2.90. The topological polar surface area (TPSA) is 186 Å². The summed E-state index contributed by atoms with van der Waals surface area (Å²) in [7, 11) is 0. The van der Waals surface area contributed by atoms with Gasteiger partial charge in [-0.3, -0.25) is 9.80 Å². The predicted octanol–water partition coefficient (Wildman–Crippen LogP) is -0.444. The number of pyridine rings is 2. The van der Waals surface area contributed by atoms with Crippen molar-refractivity contribution in [2.45, 2.75) is 19.2 Å². The molecule has 13 nitrogen and oxygen atoms in total. The van der Waals surface area contributed by atoms with Crippen molar-refractivity contribution in [1.82, 2.24) is 19.8 Å². The molecule has 0 aliphatic heterocycles. The van der Waals surface area contributed by atoms with Crippen LogP contribution in [-0.4, -0.2) is 129 Å². The van der Waals surface area contributed by atoms with E-state index in [1.54, 1.807) is 24.3 Å². The third-order valence-electron chi connectivity index (χ3n) is 5.48. The summed E-state index contributed by atoms with van der Waals surface area (Å²) in [6.45, 7) is 2.48. The van der Waals surface area contributed by atoms with Gasteiger partial charge in [-0.15, -0.1) is 0 Å². The predicted molar refractivity (Wildman–Crippen MR) is 135 cm³/mol. The van der Waals surface area contributed by atoms with Crippen molar-refractivity contribution in [3.63, 3.8) is 0 Å². The lowest BCUT2D eigenvalue weighted by atomic mass is 10.3. The van der Waals surface area contributed by atoms with Crippen LogP contribution in [0.4, 0.5) is 0 Å². The number of carbonyl (C=O) groups is 2. The molecule has 5 N–H and O–H groups in total. The Labute approximate surface area is 220 Å². The molecule has 13 heteroatoms. The number of aromatic carboxylic acids is 2. The molecule has 210 valence electrons. The quantitative estimate of drug-likeness (QED) is 0.137. The SMILES string of the molecule is O=C(O)c1cccc(CN(CCO)CCOC[C@@H](CO)OCCN(CCO)Cc2cccc(C(=O)O)n2)n1. The van der Waals surface area contributed by atoms with E-state index in [1.807, 2.05) is 9.80 Å². The molecule has 2 aromatic heterocycles. The van der Waals surface area contributed by atoms with Crippen LogP contribution in [0, 0.1) is 0 Å². The van der Waals surface area contributed by atoms with Gasteiger partial charge in [0, 0.05) is 39.3 Å². The first-order valence-corrected chi connectivity index (χ1v) is 12.2. The molecule has 0 amide bonds. The van der Waals surface area contributed by atoms with E-state index in [9.17, 15) is 24.9 Å². The molecule has 0 aliphatic rings. The monoisotopic (exact) mass is 536 g/mol. The summed E-state index contributed by atoms with van der Waals surface area (Å²) in [5.41, 5.74) is 1.01. The molecular weight excluding hydrogens is 500 g/mol. The zero-order valence-electron chi connectivity index (χ0n) is 21.2. The Hall–Kier alpha value is -3.04. The molecule has 0 spiro atoms. The van der Waals surface area contributed by atoms with Crippen molar-refractivity contribution in [2.75, 3.05) is 65.8 Å². The van der Waals surface area contributed by atoms with Crippen LogP contribution in [0.3, 0.4) is 0 Å². The van der Waals surface area contributed by atoms with E-state index >= 15 is 0 Å². The van der Waals surface area contributed by atoms with Crippen LogP contribution in [0.5, 0.6) is 0 Å². The van der Waals surface area contributed by atoms with Gasteiger partial charge in [-0.2, -0.15) is 0 Å². The number of ether oxygens (including phenoxy) is 2. The van der Waals surface area contributed by atoms with Crippen LogP contribution >= 0.6 is 0 Å². The molecule has 0 unspecified atom stereocenters. The summed E-state index contributed by atoms with van der Waals surface area (Å²) in [6.07, 6.45) is -0.570. The molecule has 0 saturated carbocycles. The lowest BCUT2D eigenvalue weighted by Crippen LogP contribution is -2.34. The third-order valence-corrected chi connectivity index (χ3v) is 5.48. The van der Waals surface area contributed by atoms with E-state index < -0.39 is 18.0 Å². The Morgan fingerprint density at radius 3 is 1.71 bits per heavy atom. The van der Waals surface area contributed by atoms with Crippen LogP contribution in [0.15, 0.2) is 36.4 Å². The molecule has 2 rings (SSSR count). The summed E-state index contributed by atoms with van der Waals surface area (Å²) in [5.74, 6) is -2.22. The van der Waals surface area contributed by atoms with Gasteiger partial charge >= 0.3 is 11.9 Å². The fourth-order valence-corrected chi connectivity index (χ4v) is 3.56. The highest BCUT2D eigenvalue weighted by Gasteiger charge is 2.14. The second kappa shape index (κ2) is 17.5. The summed E-state index contributed by atoms with van der Waals surface area (Å²) >= 11 is 0. The molecular formula is C25H36N4O9. The fraction of sp³-hybridized carbons (Fsp3) is 0.520. The van der Waals surface area contributed by atoms with Crippen LogP contribution in [0.1, 0.15) is 32.4 Å². The van der Waals surface area contributed by atoms with Crippen LogP contribution < -0.4 is 0 Å². The Bertz CT molecular complexity index is 995. The first-order valence-electron chi connectivity index (χ1n) is 12.2. The minimum absolute atomic E-state index is 0.0479. The number of aliphatic hydroxyl groups is 3. The Morgan fingerprint density at radius 2 is 1.26 bits per heavy atom. The number of rotatable bonds is 20. The van der Waals surface area contributed by atoms with E-state index in [4.69, 9.17) is 19.7 Å². The molecule has 1 atom stereocenters. The lowest BCUT2D eigenvalue weighted by Gasteiger charge is -2.24. The van der Waals surface area contributed by atoms with E-state index in [1.165, 1.54) is 12.1 Å². The number of nitrogens with zero attached hydrogens (tertiary/aromatic N) is 4. The number of carboxylic acid groups (broad SMARTS) is 2. The standard InChI is InChI=1S/C25H36N4O9/c30-11-7-28(15-19-3-1-5-22(26-19)24(33)34)9-13-37-18-21(17-32)38-14-10-29(8-12-31)16-20-4-2-6-23(27-20)25(35)36/h1-6,21,30-32H,7-18H2,(H,33,34)(H,35,36)/t21-/m1/s1. The van der Waals surface area contributed by atoms with Gasteiger partial charge in [0.1, 0.15) is 17.5 Å². The van der Waals surface area contributed by atoms with Gasteiger partial charge in [-0.25, -0.2) is 19.6 Å². The summed E-state index contributed by atoms with van der Waals surface area (Å²) in [6, 6.07) is 9.48. The number of hydrogen-bond acceptors (Lipinski definition) is 11. The van der Waals surface area contributed by atoms with Crippen molar-refractivity contribution in [1.29, 1.82) is 0 Å². The number of hydrogen-bond donors (Lipinski definition) is 5. The molecule has 2 aromatic rings. The largest absolute Gasteiger partial charge is 0.477 e. The molecule has 2 heterocycles. The number of carboxylic acids is 2. The van der Waals surface area contributed by atoms with Gasteiger partial charge < -0.3 is 35.0 Å². The molecule has 0 bridgehead atoms. The van der Waals surface area contributed by atoms with Crippen LogP contribution in [0.25, 0.3) is 0 Å². The van der Waals surface area contributed by atoms with Gasteiger partial charge in [0.15, 0.2) is 0 Å². The molecule has 0 saturated heterocycles. The van der Waals surface area contributed by atoms with Crippen molar-refractivity contribution >= 4 is 11.9 Å². The van der Waals surface area contributed by atoms with Crippen molar-refractivity contribution in [2.24, 2.45) is 0 Å². The van der Waals surface area contributed by atoms with Crippen molar-refractivity contribution < 1.29 is 44.6 Å². The van der Waals surface area contributed by atoms with E-state index in [0.29, 0.717) is 57.3 Å². The van der Waals surface area contributed by atoms with E-state index in [-0.39, 0.29) is 44.4 Å². The molecule has 0 aliphatic carbocycles. The zero-order valence-corrected chi connectivity index (χ0v) is 21.2. The average molecular weight is 537 g/mol. The highest BCUT2D eigenvalue weighted by Crippen LogP contribution is 2.06. The van der Waals surface area contributed by atoms with Gasteiger partial charge in [0.05, 0.1) is 51.0 Å². The van der Waals surface area contributed by atoms with Gasteiger partial charge in [0.2, 0.25) is 0 Å². The molecule has 0 aromatic carbocycles. The zero-order chi connectivity index (χ0) is 27.8. The minimum Gasteiger partial charge on any atom is -0.477 e. The van der Waals surface area contributed by atoms with Gasteiger partial charge in [0.25, 0.3) is 0 Å². The maximum absolute atomic E-state index is 11.1. The normalized spacial score (nSPS) is 12.2. The van der Waals surface area contributed by atoms with E-state index in [2.05, 4.69) is 9.97 Å². The van der Waals surface area contributed by atoms with Gasteiger partial charge in [-0.1, -0.05) is 12.1 Å². The number of aliphatic hydroxyl groups excluding tert-OH is 3.